The monoisotopic (exact) mass is 334 g/mol. The van der Waals surface area contributed by atoms with Gasteiger partial charge in [0.1, 0.15) is 0 Å². The summed E-state index contributed by atoms with van der Waals surface area (Å²) in [5.41, 5.74) is 5.23. The molecule has 25 heavy (non-hydrogen) atoms. The first-order valence-electron chi connectivity index (χ1n) is 8.29. The number of hydrogen-bond acceptors (Lipinski definition) is 2. The first-order valence-corrected chi connectivity index (χ1v) is 8.29. The Bertz CT molecular complexity index is 934. The Hall–Kier alpha value is -2.85. The topological polar surface area (TPSA) is 45.5 Å². The van der Waals surface area contributed by atoms with Crippen LogP contribution in [-0.4, -0.2) is 27.8 Å². The standard InChI is InChI=1S/C21H22N2O2/c1-4-7-18-15(2)23(20-9-6-5-8-19(18)20)14-16-10-12-17(13-11-16)21(24)22(3)25/h4-13,25H,14H2,1-3H3/b7-4-. The molecule has 3 rings (SSSR count). The molecular weight excluding hydrogens is 312 g/mol. The Kier molecular flexibility index (Phi) is 4.72. The average molecular weight is 334 g/mol. The van der Waals surface area contributed by atoms with E-state index >= 15 is 0 Å². The molecule has 0 aliphatic rings. The van der Waals surface area contributed by atoms with E-state index in [1.807, 2.05) is 19.1 Å². The van der Waals surface area contributed by atoms with Crippen LogP contribution in [0.4, 0.5) is 0 Å². The van der Waals surface area contributed by atoms with Crippen LogP contribution in [0.25, 0.3) is 17.0 Å². The maximum Gasteiger partial charge on any atom is 0.276 e. The molecule has 4 nitrogen and oxygen atoms in total. The highest BCUT2D eigenvalue weighted by atomic mass is 16.5. The van der Waals surface area contributed by atoms with Crippen LogP contribution >= 0.6 is 0 Å². The molecule has 0 radical (unpaired) electrons. The van der Waals surface area contributed by atoms with Gasteiger partial charge in [0.15, 0.2) is 0 Å². The Morgan fingerprint density at radius 2 is 1.84 bits per heavy atom. The van der Waals surface area contributed by atoms with E-state index in [2.05, 4.69) is 47.9 Å². The van der Waals surface area contributed by atoms with E-state index in [-0.39, 0.29) is 0 Å². The smallest absolute Gasteiger partial charge is 0.276 e. The summed E-state index contributed by atoms with van der Waals surface area (Å²) in [6.45, 7) is 4.89. The van der Waals surface area contributed by atoms with Gasteiger partial charge in [-0.15, -0.1) is 0 Å². The number of hydroxylamine groups is 2. The fourth-order valence-corrected chi connectivity index (χ4v) is 3.16. The third kappa shape index (κ3) is 3.21. The molecule has 0 unspecified atom stereocenters. The largest absolute Gasteiger partial charge is 0.340 e. The average Bonchev–Trinajstić information content (AvgIpc) is 2.88. The van der Waals surface area contributed by atoms with Crippen molar-refractivity contribution in [2.75, 3.05) is 7.05 Å². The van der Waals surface area contributed by atoms with Crippen LogP contribution in [0.2, 0.25) is 0 Å². The van der Waals surface area contributed by atoms with Gasteiger partial charge >= 0.3 is 0 Å². The summed E-state index contributed by atoms with van der Waals surface area (Å²) in [5.74, 6) is -0.412. The van der Waals surface area contributed by atoms with Crippen molar-refractivity contribution in [1.29, 1.82) is 0 Å². The number of carbonyl (C=O) groups excluding carboxylic acids is 1. The number of fused-ring (bicyclic) bond motifs is 1. The lowest BCUT2D eigenvalue weighted by Gasteiger charge is -2.11. The second kappa shape index (κ2) is 6.95. The third-order valence-corrected chi connectivity index (χ3v) is 4.45. The Balaban J connectivity index is 1.98. The first-order chi connectivity index (χ1) is 12.0. The molecule has 0 fully saturated rings. The van der Waals surface area contributed by atoms with Crippen LogP contribution in [0.1, 0.15) is 34.1 Å². The molecule has 0 saturated carbocycles. The Morgan fingerprint density at radius 3 is 2.48 bits per heavy atom. The van der Waals surface area contributed by atoms with Gasteiger partial charge in [-0.05, 0) is 37.6 Å². The van der Waals surface area contributed by atoms with Crippen LogP contribution in [-0.2, 0) is 6.54 Å². The van der Waals surface area contributed by atoms with Gasteiger partial charge < -0.3 is 4.57 Å². The van der Waals surface area contributed by atoms with Crippen molar-refractivity contribution in [3.8, 4) is 0 Å². The van der Waals surface area contributed by atoms with Crippen molar-refractivity contribution in [1.82, 2.24) is 9.63 Å². The maximum atomic E-state index is 11.8. The SMILES string of the molecule is C/C=C\c1c(C)n(Cc2ccc(C(=O)N(C)O)cc2)c2ccccc12. The van der Waals surface area contributed by atoms with Crippen LogP contribution in [0.15, 0.2) is 54.6 Å². The zero-order chi connectivity index (χ0) is 18.0. The molecular formula is C21H22N2O2. The summed E-state index contributed by atoms with van der Waals surface area (Å²) in [7, 11) is 1.33. The Morgan fingerprint density at radius 1 is 1.16 bits per heavy atom. The van der Waals surface area contributed by atoms with Gasteiger partial charge in [-0.2, -0.15) is 0 Å². The van der Waals surface area contributed by atoms with Crippen molar-refractivity contribution in [2.24, 2.45) is 0 Å². The minimum Gasteiger partial charge on any atom is -0.340 e. The molecule has 3 aromatic rings. The van der Waals surface area contributed by atoms with Crippen LogP contribution < -0.4 is 0 Å². The highest BCUT2D eigenvalue weighted by Crippen LogP contribution is 2.28. The lowest BCUT2D eigenvalue weighted by Crippen LogP contribution is -2.22. The number of amides is 1. The quantitative estimate of drug-likeness (QED) is 0.564. The van der Waals surface area contributed by atoms with Crippen molar-refractivity contribution in [3.05, 3.63) is 77.0 Å². The molecule has 0 atom stereocenters. The summed E-state index contributed by atoms with van der Waals surface area (Å²) in [4.78, 5) is 11.8. The van der Waals surface area contributed by atoms with E-state index in [0.717, 1.165) is 12.1 Å². The van der Waals surface area contributed by atoms with Gasteiger partial charge in [-0.3, -0.25) is 10.0 Å². The normalized spacial score (nSPS) is 11.4. The van der Waals surface area contributed by atoms with Crippen molar-refractivity contribution in [3.63, 3.8) is 0 Å². The predicted octanol–water partition coefficient (Wildman–Crippen LogP) is 4.49. The van der Waals surface area contributed by atoms with E-state index < -0.39 is 5.91 Å². The number of rotatable bonds is 4. The molecule has 1 heterocycles. The number of carbonyl (C=O) groups is 1. The van der Waals surface area contributed by atoms with E-state index in [4.69, 9.17) is 0 Å². The number of hydrogen-bond donors (Lipinski definition) is 1. The van der Waals surface area contributed by atoms with Gasteiger partial charge in [0.25, 0.3) is 5.91 Å². The van der Waals surface area contributed by atoms with Gasteiger partial charge in [-0.1, -0.05) is 42.5 Å². The van der Waals surface area contributed by atoms with Crippen molar-refractivity contribution < 1.29 is 10.0 Å². The third-order valence-electron chi connectivity index (χ3n) is 4.45. The zero-order valence-corrected chi connectivity index (χ0v) is 14.7. The van der Waals surface area contributed by atoms with E-state index in [1.54, 1.807) is 12.1 Å². The molecule has 0 saturated heterocycles. The van der Waals surface area contributed by atoms with Crippen LogP contribution in [0, 0.1) is 6.92 Å². The van der Waals surface area contributed by atoms with Gasteiger partial charge in [-0.25, -0.2) is 5.06 Å². The minimum atomic E-state index is -0.412. The Labute approximate surface area is 147 Å². The number of benzene rings is 2. The molecule has 2 aromatic carbocycles. The highest BCUT2D eigenvalue weighted by molar-refractivity contribution is 5.93. The second-order valence-electron chi connectivity index (χ2n) is 6.13. The maximum absolute atomic E-state index is 11.8. The molecule has 128 valence electrons. The second-order valence-corrected chi connectivity index (χ2v) is 6.13. The summed E-state index contributed by atoms with van der Waals surface area (Å²) < 4.78 is 2.29. The van der Waals surface area contributed by atoms with Crippen molar-refractivity contribution >= 4 is 22.9 Å². The van der Waals surface area contributed by atoms with Gasteiger partial charge in [0.05, 0.1) is 0 Å². The summed E-state index contributed by atoms with van der Waals surface area (Å²) >= 11 is 0. The summed E-state index contributed by atoms with van der Waals surface area (Å²) in [6.07, 6.45) is 4.21. The fraction of sp³-hybridized carbons (Fsp3) is 0.190. The summed E-state index contributed by atoms with van der Waals surface area (Å²) in [5, 5.41) is 11.1. The molecule has 1 N–H and O–H groups in total. The minimum absolute atomic E-state index is 0.412. The molecule has 0 aliphatic carbocycles. The molecule has 4 heteroatoms. The lowest BCUT2D eigenvalue weighted by atomic mass is 10.1. The predicted molar refractivity (Wildman–Crippen MR) is 101 cm³/mol. The number of allylic oxidation sites excluding steroid dienone is 1. The summed E-state index contributed by atoms with van der Waals surface area (Å²) in [6, 6.07) is 15.7. The van der Waals surface area contributed by atoms with E-state index in [9.17, 15) is 10.0 Å². The molecule has 1 aromatic heterocycles. The zero-order valence-electron chi connectivity index (χ0n) is 14.7. The molecule has 1 amide bonds. The highest BCUT2D eigenvalue weighted by Gasteiger charge is 2.13. The number of para-hydroxylation sites is 1. The van der Waals surface area contributed by atoms with Crippen LogP contribution in [0.3, 0.4) is 0 Å². The van der Waals surface area contributed by atoms with E-state index in [0.29, 0.717) is 10.6 Å². The van der Waals surface area contributed by atoms with Crippen LogP contribution in [0.5, 0.6) is 0 Å². The van der Waals surface area contributed by atoms with Crippen molar-refractivity contribution in [2.45, 2.75) is 20.4 Å². The molecule has 0 bridgehead atoms. The number of aromatic nitrogens is 1. The number of nitrogens with zero attached hydrogens (tertiary/aromatic N) is 2. The van der Waals surface area contributed by atoms with Gasteiger partial charge in [0, 0.05) is 41.3 Å². The first kappa shape index (κ1) is 17.0. The fourth-order valence-electron chi connectivity index (χ4n) is 3.16. The molecule has 0 aliphatic heterocycles. The van der Waals surface area contributed by atoms with Gasteiger partial charge in [0.2, 0.25) is 0 Å². The molecule has 0 spiro atoms. The lowest BCUT2D eigenvalue weighted by molar-refractivity contribution is -0.0374. The van der Waals surface area contributed by atoms with E-state index in [1.165, 1.54) is 29.2 Å².